The number of nitrogens with zero attached hydrogens (tertiary/aromatic N) is 2. The van der Waals surface area contributed by atoms with E-state index in [2.05, 4.69) is 24.1 Å². The third-order valence-electron chi connectivity index (χ3n) is 7.28. The third kappa shape index (κ3) is 9.20. The molecule has 1 N–H and O–H groups in total. The molecule has 2 amide bonds. The summed E-state index contributed by atoms with van der Waals surface area (Å²) in [7, 11) is 1.76. The highest BCUT2D eigenvalue weighted by Crippen LogP contribution is 2.26. The minimum absolute atomic E-state index is 0.0564. The number of rotatable bonds is 12. The summed E-state index contributed by atoms with van der Waals surface area (Å²) in [5.74, 6) is -0.505. The monoisotopic (exact) mass is 507 g/mol. The molecule has 0 spiro atoms. The van der Waals surface area contributed by atoms with Crippen LogP contribution in [-0.4, -0.2) is 72.0 Å². The number of amides is 2. The number of likely N-dealkylation sites (tertiary alicyclic amines) is 1. The number of carbonyl (C=O) groups is 3. The van der Waals surface area contributed by atoms with Gasteiger partial charge in [-0.05, 0) is 57.9 Å². The molecule has 1 heterocycles. The van der Waals surface area contributed by atoms with Crippen LogP contribution in [0.15, 0.2) is 11.6 Å². The first kappa shape index (κ1) is 32.1. The van der Waals surface area contributed by atoms with Gasteiger partial charge < -0.3 is 15.0 Å². The second-order valence-corrected chi connectivity index (χ2v) is 11.8. The Hall–Kier alpha value is -1.89. The van der Waals surface area contributed by atoms with Gasteiger partial charge in [-0.3, -0.25) is 14.5 Å². The van der Waals surface area contributed by atoms with E-state index in [1.54, 1.807) is 31.9 Å². The van der Waals surface area contributed by atoms with Gasteiger partial charge in [-0.2, -0.15) is 0 Å². The van der Waals surface area contributed by atoms with Gasteiger partial charge in [0, 0.05) is 18.7 Å². The Balaban J connectivity index is 3.15. The second kappa shape index (κ2) is 14.7. The molecule has 4 atom stereocenters. The normalized spacial score (nSPS) is 20.0. The lowest BCUT2D eigenvalue weighted by Gasteiger charge is -2.41. The number of hydrogen-bond acceptors (Lipinski definition) is 5. The van der Waals surface area contributed by atoms with Crippen molar-refractivity contribution in [3.63, 3.8) is 0 Å². The standard InChI is InChI=1S/C29H53N3O4/c1-11-13-16-22(6)32-18-15-14-17-23(32)26(33)30-25(29(7,8)9)27(34)31(10)24(20(3)4)19-21(5)28(35)36-12-2/h19-20,22-25H,11-18H2,1-10H3,(H,30,33)/b21-19+/t22?,23-,24-,25?/m1/s1. The molecule has 1 saturated heterocycles. The SMILES string of the molecule is CCCCC(C)N1CCCC[C@@H]1C(=O)NC(C(=O)N(C)[C@H](/C=C(\C)C(=O)OCC)C(C)C)C(C)(C)C. The number of likely N-dealkylation sites (N-methyl/N-ethyl adjacent to an activating group) is 1. The van der Waals surface area contributed by atoms with Crippen LogP contribution in [0.1, 0.15) is 101 Å². The molecule has 208 valence electrons. The van der Waals surface area contributed by atoms with Gasteiger partial charge >= 0.3 is 5.97 Å². The highest BCUT2D eigenvalue weighted by molar-refractivity contribution is 5.91. The quantitative estimate of drug-likeness (QED) is 0.299. The fraction of sp³-hybridized carbons (Fsp3) is 0.828. The van der Waals surface area contributed by atoms with Gasteiger partial charge in [0.2, 0.25) is 11.8 Å². The molecule has 1 rings (SSSR count). The predicted octanol–water partition coefficient (Wildman–Crippen LogP) is 4.94. The van der Waals surface area contributed by atoms with Crippen molar-refractivity contribution in [2.75, 3.05) is 20.2 Å². The van der Waals surface area contributed by atoms with E-state index in [0.29, 0.717) is 18.2 Å². The summed E-state index contributed by atoms with van der Waals surface area (Å²) < 4.78 is 5.13. The van der Waals surface area contributed by atoms with E-state index < -0.39 is 11.5 Å². The predicted molar refractivity (Wildman–Crippen MR) is 147 cm³/mol. The smallest absolute Gasteiger partial charge is 0.333 e. The Labute approximate surface area is 220 Å². The second-order valence-electron chi connectivity index (χ2n) is 11.8. The zero-order valence-corrected chi connectivity index (χ0v) is 24.6. The van der Waals surface area contributed by atoms with Crippen molar-refractivity contribution >= 4 is 17.8 Å². The summed E-state index contributed by atoms with van der Waals surface area (Å²) in [5, 5.41) is 3.15. The maximum absolute atomic E-state index is 13.8. The van der Waals surface area contributed by atoms with Crippen LogP contribution in [0, 0.1) is 11.3 Å². The molecular formula is C29H53N3O4. The van der Waals surface area contributed by atoms with Crippen LogP contribution in [0.3, 0.4) is 0 Å². The van der Waals surface area contributed by atoms with Crippen LogP contribution in [0.2, 0.25) is 0 Å². The molecule has 0 aromatic carbocycles. The average Bonchev–Trinajstić information content (AvgIpc) is 2.82. The molecule has 0 aromatic heterocycles. The first-order chi connectivity index (χ1) is 16.8. The Bertz CT molecular complexity index is 756. The number of piperidine rings is 1. The molecule has 0 aromatic rings. The van der Waals surface area contributed by atoms with Gasteiger partial charge in [0.05, 0.1) is 18.7 Å². The molecule has 0 radical (unpaired) electrons. The molecule has 1 fully saturated rings. The Kier molecular flexibility index (Phi) is 13.2. The average molecular weight is 508 g/mol. The number of nitrogens with one attached hydrogen (secondary N) is 1. The Morgan fingerprint density at radius 3 is 2.31 bits per heavy atom. The van der Waals surface area contributed by atoms with Gasteiger partial charge in [-0.25, -0.2) is 4.79 Å². The zero-order chi connectivity index (χ0) is 27.6. The molecular weight excluding hydrogens is 454 g/mol. The topological polar surface area (TPSA) is 79.0 Å². The number of hydrogen-bond donors (Lipinski definition) is 1. The van der Waals surface area contributed by atoms with E-state index in [-0.39, 0.29) is 35.8 Å². The fourth-order valence-electron chi connectivity index (χ4n) is 4.99. The highest BCUT2D eigenvalue weighted by Gasteiger charge is 2.40. The lowest BCUT2D eigenvalue weighted by Crippen LogP contribution is -2.60. The minimum atomic E-state index is -0.678. The first-order valence-corrected chi connectivity index (χ1v) is 13.9. The van der Waals surface area contributed by atoms with Gasteiger partial charge in [0.1, 0.15) is 6.04 Å². The van der Waals surface area contributed by atoms with Crippen LogP contribution in [0.25, 0.3) is 0 Å². The molecule has 36 heavy (non-hydrogen) atoms. The molecule has 7 nitrogen and oxygen atoms in total. The maximum atomic E-state index is 13.8. The Morgan fingerprint density at radius 1 is 1.14 bits per heavy atom. The van der Waals surface area contributed by atoms with Crippen LogP contribution in [-0.2, 0) is 19.1 Å². The van der Waals surface area contributed by atoms with Gasteiger partial charge in [0.15, 0.2) is 0 Å². The molecule has 1 aliphatic heterocycles. The van der Waals surface area contributed by atoms with Crippen LogP contribution in [0.5, 0.6) is 0 Å². The van der Waals surface area contributed by atoms with E-state index in [0.717, 1.165) is 45.1 Å². The van der Waals surface area contributed by atoms with Crippen LogP contribution < -0.4 is 5.32 Å². The zero-order valence-electron chi connectivity index (χ0n) is 24.6. The van der Waals surface area contributed by atoms with E-state index >= 15 is 0 Å². The molecule has 0 saturated carbocycles. The minimum Gasteiger partial charge on any atom is -0.463 e. The van der Waals surface area contributed by atoms with Crippen molar-refractivity contribution in [3.8, 4) is 0 Å². The number of unbranched alkanes of at least 4 members (excludes halogenated alkanes) is 1. The van der Waals surface area contributed by atoms with Crippen molar-refractivity contribution < 1.29 is 19.1 Å². The van der Waals surface area contributed by atoms with Crippen molar-refractivity contribution in [2.45, 2.75) is 125 Å². The maximum Gasteiger partial charge on any atom is 0.333 e. The van der Waals surface area contributed by atoms with Gasteiger partial charge in [-0.15, -0.1) is 0 Å². The van der Waals surface area contributed by atoms with Crippen molar-refractivity contribution in [1.82, 2.24) is 15.1 Å². The fourth-order valence-corrected chi connectivity index (χ4v) is 4.99. The lowest BCUT2D eigenvalue weighted by molar-refractivity contribution is -0.142. The number of ether oxygens (including phenoxy) is 1. The summed E-state index contributed by atoms with van der Waals surface area (Å²) in [6.45, 7) is 19.1. The number of esters is 1. The summed E-state index contributed by atoms with van der Waals surface area (Å²) in [6.07, 6.45) is 8.12. The third-order valence-corrected chi connectivity index (χ3v) is 7.28. The van der Waals surface area contributed by atoms with Gasteiger partial charge in [0.25, 0.3) is 0 Å². The Morgan fingerprint density at radius 2 is 1.78 bits per heavy atom. The van der Waals surface area contributed by atoms with Crippen molar-refractivity contribution in [2.24, 2.45) is 11.3 Å². The number of carbonyl (C=O) groups excluding carboxylic acids is 3. The summed E-state index contributed by atoms with van der Waals surface area (Å²) >= 11 is 0. The van der Waals surface area contributed by atoms with Crippen LogP contribution in [0.4, 0.5) is 0 Å². The van der Waals surface area contributed by atoms with Crippen LogP contribution >= 0.6 is 0 Å². The van der Waals surface area contributed by atoms with Crippen molar-refractivity contribution in [1.29, 1.82) is 0 Å². The van der Waals surface area contributed by atoms with Gasteiger partial charge in [-0.1, -0.05) is 66.9 Å². The largest absolute Gasteiger partial charge is 0.463 e. The van der Waals surface area contributed by atoms with E-state index in [1.807, 2.05) is 34.6 Å². The summed E-state index contributed by atoms with van der Waals surface area (Å²) in [6, 6.07) is -0.847. The molecule has 7 heteroatoms. The molecule has 0 aliphatic carbocycles. The highest BCUT2D eigenvalue weighted by atomic mass is 16.5. The lowest BCUT2D eigenvalue weighted by atomic mass is 9.84. The summed E-state index contributed by atoms with van der Waals surface area (Å²) in [5.41, 5.74) is 0.000844. The summed E-state index contributed by atoms with van der Waals surface area (Å²) in [4.78, 5) is 43.7. The molecule has 1 aliphatic rings. The first-order valence-electron chi connectivity index (χ1n) is 13.9. The van der Waals surface area contributed by atoms with Crippen molar-refractivity contribution in [3.05, 3.63) is 11.6 Å². The van der Waals surface area contributed by atoms with E-state index in [9.17, 15) is 14.4 Å². The van der Waals surface area contributed by atoms with E-state index in [4.69, 9.17) is 4.74 Å². The van der Waals surface area contributed by atoms with E-state index in [1.165, 1.54) is 0 Å². The molecule has 2 unspecified atom stereocenters. The molecule has 0 bridgehead atoms.